The number of rotatable bonds is 4. The minimum Gasteiger partial charge on any atom is -0.492 e. The van der Waals surface area contributed by atoms with Crippen molar-refractivity contribution >= 4 is 17.3 Å². The van der Waals surface area contributed by atoms with Crippen molar-refractivity contribution in [3.63, 3.8) is 0 Å². The molecular formula is C10H14ClNO. The van der Waals surface area contributed by atoms with E-state index < -0.39 is 0 Å². The Morgan fingerprint density at radius 2 is 2.23 bits per heavy atom. The molecule has 1 aromatic carbocycles. The largest absolute Gasteiger partial charge is 0.492 e. The molecule has 0 atom stereocenters. The highest BCUT2D eigenvalue weighted by atomic mass is 35.5. The summed E-state index contributed by atoms with van der Waals surface area (Å²) in [5.41, 5.74) is 6.18. The molecule has 0 saturated heterocycles. The van der Waals surface area contributed by atoms with Crippen LogP contribution in [0, 0.1) is 0 Å². The molecule has 0 heterocycles. The van der Waals surface area contributed by atoms with Gasteiger partial charge >= 0.3 is 0 Å². The standard InChI is InChI=1S/C10H14ClNO/c1-2-3-7-13-9-6-4-5-8(12)10(9)11/h4-6H,2-3,7,12H2,1H3. The van der Waals surface area contributed by atoms with E-state index in [-0.39, 0.29) is 0 Å². The summed E-state index contributed by atoms with van der Waals surface area (Å²) >= 11 is 5.92. The van der Waals surface area contributed by atoms with E-state index in [2.05, 4.69) is 6.92 Å². The first-order chi connectivity index (χ1) is 6.25. The highest BCUT2D eigenvalue weighted by Crippen LogP contribution is 2.29. The van der Waals surface area contributed by atoms with Crippen LogP contribution in [0.15, 0.2) is 18.2 Å². The number of nitrogens with two attached hydrogens (primary N) is 1. The molecular weight excluding hydrogens is 186 g/mol. The van der Waals surface area contributed by atoms with E-state index in [1.54, 1.807) is 6.07 Å². The highest BCUT2D eigenvalue weighted by molar-refractivity contribution is 6.34. The van der Waals surface area contributed by atoms with Crippen molar-refractivity contribution in [3.8, 4) is 5.75 Å². The Bertz CT molecular complexity index is 276. The molecule has 0 bridgehead atoms. The summed E-state index contributed by atoms with van der Waals surface area (Å²) in [7, 11) is 0. The smallest absolute Gasteiger partial charge is 0.139 e. The lowest BCUT2D eigenvalue weighted by molar-refractivity contribution is 0.310. The van der Waals surface area contributed by atoms with Crippen molar-refractivity contribution in [1.29, 1.82) is 0 Å². The van der Waals surface area contributed by atoms with Gasteiger partial charge in [-0.15, -0.1) is 0 Å². The van der Waals surface area contributed by atoms with Gasteiger partial charge in [-0.3, -0.25) is 0 Å². The molecule has 0 radical (unpaired) electrons. The summed E-state index contributed by atoms with van der Waals surface area (Å²) in [5.74, 6) is 0.676. The highest BCUT2D eigenvalue weighted by Gasteiger charge is 2.03. The normalized spacial score (nSPS) is 10.0. The second kappa shape index (κ2) is 4.97. The SMILES string of the molecule is CCCCOc1cccc(N)c1Cl. The molecule has 72 valence electrons. The zero-order chi connectivity index (χ0) is 9.68. The molecule has 0 amide bonds. The molecule has 2 nitrogen and oxygen atoms in total. The molecule has 1 rings (SSSR count). The van der Waals surface area contributed by atoms with Crippen LogP contribution in [0.1, 0.15) is 19.8 Å². The zero-order valence-electron chi connectivity index (χ0n) is 7.72. The predicted molar refractivity (Wildman–Crippen MR) is 56.3 cm³/mol. The Labute approximate surface area is 83.6 Å². The lowest BCUT2D eigenvalue weighted by Crippen LogP contribution is -1.98. The molecule has 0 fully saturated rings. The molecule has 0 aliphatic carbocycles. The maximum Gasteiger partial charge on any atom is 0.139 e. The van der Waals surface area contributed by atoms with Crippen LogP contribution >= 0.6 is 11.6 Å². The number of halogens is 1. The van der Waals surface area contributed by atoms with Crippen LogP contribution < -0.4 is 10.5 Å². The van der Waals surface area contributed by atoms with E-state index in [0.29, 0.717) is 23.1 Å². The second-order valence-electron chi connectivity index (χ2n) is 2.86. The van der Waals surface area contributed by atoms with Crippen molar-refractivity contribution in [2.24, 2.45) is 0 Å². The molecule has 0 aliphatic rings. The van der Waals surface area contributed by atoms with Crippen LogP contribution in [0.3, 0.4) is 0 Å². The average Bonchev–Trinajstić information content (AvgIpc) is 2.13. The van der Waals surface area contributed by atoms with Crippen LogP contribution in [0.25, 0.3) is 0 Å². The Morgan fingerprint density at radius 1 is 1.46 bits per heavy atom. The summed E-state index contributed by atoms with van der Waals surface area (Å²) < 4.78 is 5.45. The average molecular weight is 200 g/mol. The third kappa shape index (κ3) is 2.81. The van der Waals surface area contributed by atoms with Crippen LogP contribution in [-0.2, 0) is 0 Å². The van der Waals surface area contributed by atoms with Crippen LogP contribution in [-0.4, -0.2) is 6.61 Å². The van der Waals surface area contributed by atoms with Crippen molar-refractivity contribution in [1.82, 2.24) is 0 Å². The molecule has 0 spiro atoms. The first-order valence-corrected chi connectivity index (χ1v) is 4.80. The summed E-state index contributed by atoms with van der Waals surface area (Å²) in [6.45, 7) is 2.81. The van der Waals surface area contributed by atoms with Gasteiger partial charge < -0.3 is 10.5 Å². The number of benzene rings is 1. The van der Waals surface area contributed by atoms with Gasteiger partial charge in [0.05, 0.1) is 12.3 Å². The minimum absolute atomic E-state index is 0.513. The first kappa shape index (κ1) is 10.2. The lowest BCUT2D eigenvalue weighted by Gasteiger charge is -2.08. The fourth-order valence-electron chi connectivity index (χ4n) is 0.966. The van der Waals surface area contributed by atoms with Gasteiger partial charge in [0, 0.05) is 0 Å². The summed E-state index contributed by atoms with van der Waals surface area (Å²) in [6.07, 6.45) is 2.14. The first-order valence-electron chi connectivity index (χ1n) is 4.42. The van der Waals surface area contributed by atoms with Crippen molar-refractivity contribution < 1.29 is 4.74 Å². The molecule has 0 unspecified atom stereocenters. The number of unbranched alkanes of at least 4 members (excludes halogenated alkanes) is 1. The van der Waals surface area contributed by atoms with Crippen molar-refractivity contribution in [2.75, 3.05) is 12.3 Å². The minimum atomic E-state index is 0.513. The Hall–Kier alpha value is -0.890. The molecule has 2 N–H and O–H groups in total. The van der Waals surface area contributed by atoms with Crippen LogP contribution in [0.4, 0.5) is 5.69 Å². The van der Waals surface area contributed by atoms with Gasteiger partial charge in [0.1, 0.15) is 10.8 Å². The van der Waals surface area contributed by atoms with Gasteiger partial charge in [-0.1, -0.05) is 31.0 Å². The van der Waals surface area contributed by atoms with Crippen molar-refractivity contribution in [3.05, 3.63) is 23.2 Å². The number of nitrogen functional groups attached to an aromatic ring is 1. The molecule has 1 aromatic rings. The number of hydrogen-bond donors (Lipinski definition) is 1. The van der Waals surface area contributed by atoms with Gasteiger partial charge in [-0.2, -0.15) is 0 Å². The summed E-state index contributed by atoms with van der Waals surface area (Å²) in [6, 6.07) is 5.42. The maximum atomic E-state index is 5.92. The molecule has 0 aromatic heterocycles. The topological polar surface area (TPSA) is 35.2 Å². The number of ether oxygens (including phenoxy) is 1. The number of hydrogen-bond acceptors (Lipinski definition) is 2. The van der Waals surface area contributed by atoms with E-state index in [1.807, 2.05) is 12.1 Å². The molecule has 0 saturated carbocycles. The maximum absolute atomic E-state index is 5.92. The van der Waals surface area contributed by atoms with Crippen molar-refractivity contribution in [2.45, 2.75) is 19.8 Å². The van der Waals surface area contributed by atoms with E-state index in [9.17, 15) is 0 Å². The van der Waals surface area contributed by atoms with E-state index >= 15 is 0 Å². The van der Waals surface area contributed by atoms with E-state index in [1.165, 1.54) is 0 Å². The number of anilines is 1. The monoisotopic (exact) mass is 199 g/mol. The molecule has 13 heavy (non-hydrogen) atoms. The Morgan fingerprint density at radius 3 is 2.92 bits per heavy atom. The van der Waals surface area contributed by atoms with Gasteiger partial charge in [0.15, 0.2) is 0 Å². The lowest BCUT2D eigenvalue weighted by atomic mass is 10.3. The molecule has 3 heteroatoms. The summed E-state index contributed by atoms with van der Waals surface area (Å²) in [4.78, 5) is 0. The second-order valence-corrected chi connectivity index (χ2v) is 3.24. The fourth-order valence-corrected chi connectivity index (χ4v) is 1.15. The fraction of sp³-hybridized carbons (Fsp3) is 0.400. The van der Waals surface area contributed by atoms with Gasteiger partial charge in [-0.25, -0.2) is 0 Å². The molecule has 0 aliphatic heterocycles. The van der Waals surface area contributed by atoms with Crippen LogP contribution in [0.2, 0.25) is 5.02 Å². The quantitative estimate of drug-likeness (QED) is 0.598. The predicted octanol–water partition coefficient (Wildman–Crippen LogP) is 3.10. The van der Waals surface area contributed by atoms with Gasteiger partial charge in [0.25, 0.3) is 0 Å². The van der Waals surface area contributed by atoms with E-state index in [4.69, 9.17) is 22.1 Å². The Kier molecular flexibility index (Phi) is 3.90. The van der Waals surface area contributed by atoms with Gasteiger partial charge in [0.2, 0.25) is 0 Å². The van der Waals surface area contributed by atoms with Gasteiger partial charge in [-0.05, 0) is 18.6 Å². The zero-order valence-corrected chi connectivity index (χ0v) is 8.47. The third-order valence-corrected chi connectivity index (χ3v) is 2.15. The summed E-state index contributed by atoms with van der Waals surface area (Å²) in [5, 5.41) is 0.513. The van der Waals surface area contributed by atoms with E-state index in [0.717, 1.165) is 12.8 Å². The third-order valence-electron chi connectivity index (χ3n) is 1.75. The Balaban J connectivity index is 2.61. The van der Waals surface area contributed by atoms with Crippen LogP contribution in [0.5, 0.6) is 5.75 Å².